The minimum Gasteiger partial charge on any atom is -0.491 e. The Kier molecular flexibility index (Phi) is 5.87. The third kappa shape index (κ3) is 4.70. The predicted molar refractivity (Wildman–Crippen MR) is 108 cm³/mol. The summed E-state index contributed by atoms with van der Waals surface area (Å²) in [6.07, 6.45) is 3.96. The van der Waals surface area contributed by atoms with E-state index in [1.54, 1.807) is 12.1 Å². The summed E-state index contributed by atoms with van der Waals surface area (Å²) in [7, 11) is 0. The summed E-state index contributed by atoms with van der Waals surface area (Å²) >= 11 is 0. The van der Waals surface area contributed by atoms with Crippen molar-refractivity contribution in [3.05, 3.63) is 59.9 Å². The van der Waals surface area contributed by atoms with Gasteiger partial charge in [-0.1, -0.05) is 12.1 Å². The molecule has 1 fully saturated rings. The Hall–Kier alpha value is -2.86. The van der Waals surface area contributed by atoms with E-state index in [0.29, 0.717) is 18.7 Å². The first kappa shape index (κ1) is 18.5. The normalized spacial score (nSPS) is 16.4. The van der Waals surface area contributed by atoms with Crippen LogP contribution in [0.4, 0.5) is 0 Å². The number of para-hydroxylation sites is 2. The number of hydrogen-bond acceptors (Lipinski definition) is 4. The molecule has 1 amide bonds. The minimum atomic E-state index is -0.0738. The molecule has 0 saturated carbocycles. The van der Waals surface area contributed by atoms with Gasteiger partial charge < -0.3 is 19.8 Å². The second kappa shape index (κ2) is 8.89. The third-order valence-corrected chi connectivity index (χ3v) is 4.89. The highest BCUT2D eigenvalue weighted by Crippen LogP contribution is 2.17. The van der Waals surface area contributed by atoms with Crippen molar-refractivity contribution < 1.29 is 14.3 Å². The lowest BCUT2D eigenvalue weighted by Gasteiger charge is -2.11. The van der Waals surface area contributed by atoms with Gasteiger partial charge in [-0.25, -0.2) is 4.98 Å². The molecule has 1 atom stereocenters. The number of carbonyl (C=O) groups is 1. The molecule has 0 spiro atoms. The maximum Gasteiger partial charge on any atom is 0.251 e. The van der Waals surface area contributed by atoms with E-state index in [9.17, 15) is 4.79 Å². The fourth-order valence-corrected chi connectivity index (χ4v) is 3.35. The van der Waals surface area contributed by atoms with Crippen LogP contribution in [0.3, 0.4) is 0 Å². The van der Waals surface area contributed by atoms with Gasteiger partial charge in [0, 0.05) is 25.1 Å². The largest absolute Gasteiger partial charge is 0.491 e. The minimum absolute atomic E-state index is 0.0738. The van der Waals surface area contributed by atoms with Gasteiger partial charge in [0.15, 0.2) is 0 Å². The molecule has 2 heterocycles. The summed E-state index contributed by atoms with van der Waals surface area (Å²) in [5.74, 6) is 1.63. The number of H-pyrrole nitrogens is 1. The molecule has 2 aromatic carbocycles. The molecule has 3 aromatic rings. The van der Waals surface area contributed by atoms with Crippen molar-refractivity contribution in [2.75, 3.05) is 19.8 Å². The zero-order valence-corrected chi connectivity index (χ0v) is 15.8. The van der Waals surface area contributed by atoms with Crippen LogP contribution in [0, 0.1) is 0 Å². The molecule has 0 radical (unpaired) electrons. The molecule has 1 unspecified atom stereocenters. The van der Waals surface area contributed by atoms with Gasteiger partial charge in [0.1, 0.15) is 18.2 Å². The molecule has 2 N–H and O–H groups in total. The van der Waals surface area contributed by atoms with Crippen LogP contribution in [0.25, 0.3) is 11.0 Å². The van der Waals surface area contributed by atoms with E-state index in [4.69, 9.17) is 9.47 Å². The van der Waals surface area contributed by atoms with E-state index in [1.807, 2.05) is 36.4 Å². The van der Waals surface area contributed by atoms with E-state index in [-0.39, 0.29) is 12.0 Å². The number of aromatic nitrogens is 2. The molecule has 6 nitrogen and oxygen atoms in total. The number of rotatable bonds is 8. The Bertz CT molecular complexity index is 881. The second-order valence-corrected chi connectivity index (χ2v) is 7.03. The number of imidazole rings is 1. The van der Waals surface area contributed by atoms with Crippen molar-refractivity contribution in [1.82, 2.24) is 15.3 Å². The van der Waals surface area contributed by atoms with Crippen molar-refractivity contribution in [2.24, 2.45) is 0 Å². The number of nitrogens with zero attached hydrogens (tertiary/aromatic N) is 1. The Morgan fingerprint density at radius 3 is 2.86 bits per heavy atom. The molecule has 146 valence electrons. The monoisotopic (exact) mass is 379 g/mol. The first-order valence-corrected chi connectivity index (χ1v) is 9.84. The Morgan fingerprint density at radius 1 is 1.21 bits per heavy atom. The van der Waals surface area contributed by atoms with Crippen LogP contribution in [0.2, 0.25) is 0 Å². The van der Waals surface area contributed by atoms with Gasteiger partial charge >= 0.3 is 0 Å². The highest BCUT2D eigenvalue weighted by molar-refractivity contribution is 5.94. The standard InChI is InChI=1S/C22H25N3O3/c26-22(16-9-11-17(12-10-16)28-15-18-5-4-14-27-18)23-13-3-8-21-24-19-6-1-2-7-20(19)25-21/h1-2,6-7,9-12,18H,3-5,8,13-15H2,(H,23,26)(H,24,25). The van der Waals surface area contributed by atoms with E-state index in [0.717, 1.165) is 54.9 Å². The van der Waals surface area contributed by atoms with Crippen molar-refractivity contribution in [3.63, 3.8) is 0 Å². The molecule has 1 saturated heterocycles. The highest BCUT2D eigenvalue weighted by atomic mass is 16.5. The Balaban J connectivity index is 1.20. The molecule has 28 heavy (non-hydrogen) atoms. The first-order chi connectivity index (χ1) is 13.8. The SMILES string of the molecule is O=C(NCCCc1nc2ccccc2[nH]1)c1ccc(OCC2CCCO2)cc1. The van der Waals surface area contributed by atoms with Crippen LogP contribution in [-0.4, -0.2) is 41.7 Å². The van der Waals surface area contributed by atoms with Gasteiger partial charge in [-0.2, -0.15) is 0 Å². The maximum atomic E-state index is 12.3. The average Bonchev–Trinajstić information content (AvgIpc) is 3.39. The summed E-state index contributed by atoms with van der Waals surface area (Å²) in [5, 5.41) is 2.96. The van der Waals surface area contributed by atoms with Crippen LogP contribution < -0.4 is 10.1 Å². The van der Waals surface area contributed by atoms with Crippen LogP contribution in [0.1, 0.15) is 35.4 Å². The number of amides is 1. The lowest BCUT2D eigenvalue weighted by molar-refractivity contribution is 0.0679. The van der Waals surface area contributed by atoms with Crippen molar-refractivity contribution >= 4 is 16.9 Å². The number of aromatic amines is 1. The lowest BCUT2D eigenvalue weighted by atomic mass is 10.2. The van der Waals surface area contributed by atoms with E-state index < -0.39 is 0 Å². The maximum absolute atomic E-state index is 12.3. The van der Waals surface area contributed by atoms with Crippen molar-refractivity contribution in [1.29, 1.82) is 0 Å². The van der Waals surface area contributed by atoms with Gasteiger partial charge in [0.05, 0.1) is 17.1 Å². The van der Waals surface area contributed by atoms with Gasteiger partial charge in [0.2, 0.25) is 0 Å². The molecule has 1 aromatic heterocycles. The fraction of sp³-hybridized carbons (Fsp3) is 0.364. The lowest BCUT2D eigenvalue weighted by Crippen LogP contribution is -2.24. The Labute approximate surface area is 164 Å². The number of fused-ring (bicyclic) bond motifs is 1. The van der Waals surface area contributed by atoms with Crippen LogP contribution in [-0.2, 0) is 11.2 Å². The molecular formula is C22H25N3O3. The second-order valence-electron chi connectivity index (χ2n) is 7.03. The van der Waals surface area contributed by atoms with Crippen molar-refractivity contribution in [2.45, 2.75) is 31.8 Å². The molecule has 4 rings (SSSR count). The first-order valence-electron chi connectivity index (χ1n) is 9.84. The summed E-state index contributed by atoms with van der Waals surface area (Å²) < 4.78 is 11.3. The smallest absolute Gasteiger partial charge is 0.251 e. The van der Waals surface area contributed by atoms with Crippen LogP contribution in [0.15, 0.2) is 48.5 Å². The molecule has 1 aliphatic heterocycles. The molecule has 0 aliphatic carbocycles. The highest BCUT2D eigenvalue weighted by Gasteiger charge is 2.16. The van der Waals surface area contributed by atoms with E-state index in [2.05, 4.69) is 15.3 Å². The molecular weight excluding hydrogens is 354 g/mol. The van der Waals surface area contributed by atoms with Gasteiger partial charge in [-0.15, -0.1) is 0 Å². The molecule has 0 bridgehead atoms. The predicted octanol–water partition coefficient (Wildman–Crippen LogP) is 3.48. The summed E-state index contributed by atoms with van der Waals surface area (Å²) in [6, 6.07) is 15.2. The number of aryl methyl sites for hydroxylation is 1. The van der Waals surface area contributed by atoms with E-state index >= 15 is 0 Å². The van der Waals surface area contributed by atoms with Gasteiger partial charge in [-0.05, 0) is 55.7 Å². The number of benzene rings is 2. The average molecular weight is 379 g/mol. The number of nitrogens with one attached hydrogen (secondary N) is 2. The zero-order valence-electron chi connectivity index (χ0n) is 15.8. The van der Waals surface area contributed by atoms with Gasteiger partial charge in [0.25, 0.3) is 5.91 Å². The van der Waals surface area contributed by atoms with Crippen LogP contribution in [0.5, 0.6) is 5.75 Å². The summed E-state index contributed by atoms with van der Waals surface area (Å²) in [4.78, 5) is 20.1. The summed E-state index contributed by atoms with van der Waals surface area (Å²) in [5.41, 5.74) is 2.65. The number of carbonyl (C=O) groups excluding carboxylic acids is 1. The zero-order chi connectivity index (χ0) is 19.2. The number of hydrogen-bond donors (Lipinski definition) is 2. The summed E-state index contributed by atoms with van der Waals surface area (Å²) in [6.45, 7) is 1.99. The molecule has 1 aliphatic rings. The van der Waals surface area contributed by atoms with Gasteiger partial charge in [-0.3, -0.25) is 4.79 Å². The molecule has 6 heteroatoms. The van der Waals surface area contributed by atoms with Crippen molar-refractivity contribution in [3.8, 4) is 5.75 Å². The third-order valence-electron chi connectivity index (χ3n) is 4.89. The fourth-order valence-electron chi connectivity index (χ4n) is 3.35. The number of ether oxygens (including phenoxy) is 2. The topological polar surface area (TPSA) is 76.2 Å². The Morgan fingerprint density at radius 2 is 2.07 bits per heavy atom. The quantitative estimate of drug-likeness (QED) is 0.588. The van der Waals surface area contributed by atoms with Crippen LogP contribution >= 0.6 is 0 Å². The van der Waals surface area contributed by atoms with E-state index in [1.165, 1.54) is 0 Å².